The van der Waals surface area contributed by atoms with Crippen LogP contribution in [0.2, 0.25) is 0 Å². The van der Waals surface area contributed by atoms with E-state index in [2.05, 4.69) is 10.3 Å². The largest absolute Gasteiger partial charge is 0.423 e. The molecule has 0 aliphatic heterocycles. The second-order valence-electron chi connectivity index (χ2n) is 2.99. The molecular weight excluding hydrogens is 198 g/mol. The van der Waals surface area contributed by atoms with Crippen molar-refractivity contribution in [2.24, 2.45) is 0 Å². The zero-order chi connectivity index (χ0) is 10.8. The summed E-state index contributed by atoms with van der Waals surface area (Å²) in [6, 6.07) is 5.03. The lowest BCUT2D eigenvalue weighted by atomic mass is 10.3. The molecule has 78 valence electrons. The molecule has 6 nitrogen and oxygen atoms in total. The van der Waals surface area contributed by atoms with Crippen LogP contribution in [0.15, 0.2) is 22.6 Å². The molecule has 6 heteroatoms. The zero-order valence-electron chi connectivity index (χ0n) is 7.94. The van der Waals surface area contributed by atoms with E-state index in [1.807, 2.05) is 5.48 Å². The molecule has 15 heavy (non-hydrogen) atoms. The van der Waals surface area contributed by atoms with Crippen LogP contribution in [0.4, 0.5) is 11.7 Å². The van der Waals surface area contributed by atoms with Gasteiger partial charge in [-0.05, 0) is 12.1 Å². The van der Waals surface area contributed by atoms with E-state index in [0.717, 1.165) is 0 Å². The van der Waals surface area contributed by atoms with Gasteiger partial charge in [0.05, 0.1) is 5.69 Å². The Morgan fingerprint density at radius 3 is 3.00 bits per heavy atom. The summed E-state index contributed by atoms with van der Waals surface area (Å²) < 4.78 is 5.23. The first-order valence-electron chi connectivity index (χ1n) is 4.27. The normalized spacial score (nSPS) is 10.3. The van der Waals surface area contributed by atoms with E-state index < -0.39 is 0 Å². The maximum atomic E-state index is 10.7. The number of hydrogen-bond acceptors (Lipinski definition) is 5. The van der Waals surface area contributed by atoms with Crippen molar-refractivity contribution in [3.8, 4) is 0 Å². The lowest BCUT2D eigenvalue weighted by Crippen LogP contribution is -2.05. The molecule has 0 bridgehead atoms. The number of carbonyl (C=O) groups is 1. The third-order valence-electron chi connectivity index (χ3n) is 1.80. The van der Waals surface area contributed by atoms with Crippen LogP contribution in [-0.2, 0) is 4.79 Å². The number of amides is 1. The van der Waals surface area contributed by atoms with Crippen LogP contribution in [0.25, 0.3) is 11.1 Å². The number of fused-ring (bicyclic) bond motifs is 1. The van der Waals surface area contributed by atoms with Crippen molar-refractivity contribution >= 4 is 28.7 Å². The molecule has 3 N–H and O–H groups in total. The van der Waals surface area contributed by atoms with Crippen molar-refractivity contribution in [2.45, 2.75) is 6.92 Å². The lowest BCUT2D eigenvalue weighted by Gasteiger charge is -1.94. The van der Waals surface area contributed by atoms with Gasteiger partial charge in [0.15, 0.2) is 5.58 Å². The third-order valence-corrected chi connectivity index (χ3v) is 1.80. The van der Waals surface area contributed by atoms with Gasteiger partial charge in [-0.1, -0.05) is 0 Å². The number of anilines is 2. The van der Waals surface area contributed by atoms with E-state index in [1.165, 1.54) is 6.92 Å². The number of carbonyl (C=O) groups excluding carboxylic acids is 1. The van der Waals surface area contributed by atoms with E-state index in [1.54, 1.807) is 18.2 Å². The van der Waals surface area contributed by atoms with Crippen LogP contribution in [0, 0.1) is 0 Å². The zero-order valence-corrected chi connectivity index (χ0v) is 7.94. The second-order valence-corrected chi connectivity index (χ2v) is 2.99. The number of hydrogen-bond donors (Lipinski definition) is 3. The van der Waals surface area contributed by atoms with Crippen molar-refractivity contribution in [3.05, 3.63) is 18.2 Å². The van der Waals surface area contributed by atoms with Gasteiger partial charge < -0.3 is 4.42 Å². The molecule has 1 aromatic heterocycles. The van der Waals surface area contributed by atoms with Crippen molar-refractivity contribution in [1.82, 2.24) is 4.98 Å². The van der Waals surface area contributed by atoms with E-state index in [4.69, 9.17) is 9.62 Å². The molecule has 1 amide bonds. The first-order valence-corrected chi connectivity index (χ1v) is 4.27. The Labute approximate surface area is 84.9 Å². The summed E-state index contributed by atoms with van der Waals surface area (Å²) in [5.74, 6) is -0.248. The molecular formula is C9H9N3O3. The van der Waals surface area contributed by atoms with Gasteiger partial charge in [0.25, 0.3) is 0 Å². The van der Waals surface area contributed by atoms with E-state index >= 15 is 0 Å². The Kier molecular flexibility index (Phi) is 2.26. The summed E-state index contributed by atoms with van der Waals surface area (Å²) in [6.45, 7) is 1.37. The highest BCUT2D eigenvalue weighted by Crippen LogP contribution is 2.21. The smallest absolute Gasteiger partial charge is 0.302 e. The Hall–Kier alpha value is -2.08. The van der Waals surface area contributed by atoms with Crippen LogP contribution in [-0.4, -0.2) is 16.1 Å². The average molecular weight is 207 g/mol. The fraction of sp³-hybridized carbons (Fsp3) is 0.111. The van der Waals surface area contributed by atoms with Crippen LogP contribution >= 0.6 is 0 Å². The lowest BCUT2D eigenvalue weighted by molar-refractivity contribution is -0.114. The van der Waals surface area contributed by atoms with Crippen molar-refractivity contribution in [3.63, 3.8) is 0 Å². The van der Waals surface area contributed by atoms with Crippen LogP contribution in [0.1, 0.15) is 6.92 Å². The quantitative estimate of drug-likeness (QED) is 0.651. The minimum absolute atomic E-state index is 0.146. The number of aromatic nitrogens is 1. The van der Waals surface area contributed by atoms with Gasteiger partial charge in [0, 0.05) is 13.0 Å². The molecule has 0 saturated heterocycles. The summed E-state index contributed by atoms with van der Waals surface area (Å²) in [7, 11) is 0. The van der Waals surface area contributed by atoms with Crippen molar-refractivity contribution in [2.75, 3.05) is 10.8 Å². The minimum Gasteiger partial charge on any atom is -0.423 e. The standard InChI is InChI=1S/C9H9N3O3/c1-5(13)10-9-11-7-3-2-6(12-14)4-8(7)15-9/h2-4,12,14H,1H3,(H,10,11,13). The molecule has 0 unspecified atom stereocenters. The fourth-order valence-electron chi connectivity index (χ4n) is 1.20. The Morgan fingerprint density at radius 2 is 2.33 bits per heavy atom. The van der Waals surface area contributed by atoms with E-state index in [9.17, 15) is 4.79 Å². The number of nitrogens with zero attached hydrogens (tertiary/aromatic N) is 1. The van der Waals surface area contributed by atoms with Gasteiger partial charge in [-0.15, -0.1) is 0 Å². The van der Waals surface area contributed by atoms with Gasteiger partial charge >= 0.3 is 6.01 Å². The monoisotopic (exact) mass is 207 g/mol. The van der Waals surface area contributed by atoms with Gasteiger partial charge in [-0.25, -0.2) is 0 Å². The predicted octanol–water partition coefficient (Wildman–Crippen LogP) is 1.59. The summed E-state index contributed by atoms with van der Waals surface area (Å²) in [5, 5.41) is 11.1. The molecule has 0 atom stereocenters. The number of nitrogens with one attached hydrogen (secondary N) is 2. The molecule has 0 aliphatic carbocycles. The Bertz CT molecular complexity index is 506. The van der Waals surface area contributed by atoms with Gasteiger partial charge in [-0.3, -0.25) is 20.8 Å². The molecule has 0 radical (unpaired) electrons. The van der Waals surface area contributed by atoms with E-state index in [-0.39, 0.29) is 11.9 Å². The van der Waals surface area contributed by atoms with Crippen LogP contribution in [0.3, 0.4) is 0 Å². The molecule has 0 aliphatic rings. The highest BCUT2D eigenvalue weighted by Gasteiger charge is 2.06. The topological polar surface area (TPSA) is 87.4 Å². The fourth-order valence-corrected chi connectivity index (χ4v) is 1.20. The first-order chi connectivity index (χ1) is 7.19. The minimum atomic E-state index is -0.248. The number of oxazole rings is 1. The maximum absolute atomic E-state index is 10.7. The van der Waals surface area contributed by atoms with E-state index in [0.29, 0.717) is 16.8 Å². The van der Waals surface area contributed by atoms with Crippen LogP contribution < -0.4 is 10.8 Å². The molecule has 0 fully saturated rings. The molecule has 1 aromatic carbocycles. The van der Waals surface area contributed by atoms with Crippen molar-refractivity contribution in [1.29, 1.82) is 0 Å². The molecule has 1 heterocycles. The van der Waals surface area contributed by atoms with Crippen molar-refractivity contribution < 1.29 is 14.4 Å². The summed E-state index contributed by atoms with van der Waals surface area (Å²) in [4.78, 5) is 14.8. The second kappa shape index (κ2) is 3.58. The Balaban J connectivity index is 2.42. The number of rotatable bonds is 2. The maximum Gasteiger partial charge on any atom is 0.302 e. The SMILES string of the molecule is CC(=O)Nc1nc2ccc(NO)cc2o1. The predicted molar refractivity (Wildman–Crippen MR) is 53.7 cm³/mol. The molecule has 0 spiro atoms. The summed E-state index contributed by atoms with van der Waals surface area (Å²) >= 11 is 0. The third kappa shape index (κ3) is 1.89. The molecule has 2 aromatic rings. The highest BCUT2D eigenvalue weighted by molar-refractivity contribution is 5.88. The molecule has 0 saturated carbocycles. The average Bonchev–Trinajstić information content (AvgIpc) is 2.57. The molecule has 2 rings (SSSR count). The number of benzene rings is 1. The summed E-state index contributed by atoms with van der Waals surface area (Å²) in [5.41, 5.74) is 3.58. The first kappa shape index (κ1) is 9.47. The van der Waals surface area contributed by atoms with Gasteiger partial charge in [0.1, 0.15) is 5.52 Å². The summed E-state index contributed by atoms with van der Waals surface area (Å²) in [6.07, 6.45) is 0. The van der Waals surface area contributed by atoms with Gasteiger partial charge in [0.2, 0.25) is 5.91 Å². The van der Waals surface area contributed by atoms with Crippen LogP contribution in [0.5, 0.6) is 0 Å². The highest BCUT2D eigenvalue weighted by atomic mass is 16.5. The Morgan fingerprint density at radius 1 is 1.53 bits per heavy atom. The van der Waals surface area contributed by atoms with Gasteiger partial charge in [-0.2, -0.15) is 4.98 Å².